The van der Waals surface area contributed by atoms with Crippen LogP contribution in [-0.4, -0.2) is 25.7 Å². The van der Waals surface area contributed by atoms with Crippen LogP contribution < -0.4 is 10.9 Å². The number of para-hydroxylation sites is 1. The lowest BCUT2D eigenvalue weighted by molar-refractivity contribution is -0.118. The van der Waals surface area contributed by atoms with Gasteiger partial charge in [-0.1, -0.05) is 42.7 Å². The summed E-state index contributed by atoms with van der Waals surface area (Å²) >= 11 is 1.43. The fraction of sp³-hybridized carbons (Fsp3) is 0.450. The van der Waals surface area contributed by atoms with Crippen molar-refractivity contribution in [2.45, 2.75) is 57.9 Å². The lowest BCUT2D eigenvalue weighted by Gasteiger charge is -2.18. The van der Waals surface area contributed by atoms with Crippen LogP contribution in [0.4, 0.5) is 5.13 Å². The number of rotatable bonds is 4. The molecule has 8 heteroatoms. The minimum Gasteiger partial charge on any atom is -0.299 e. The Hall–Kier alpha value is -2.61. The van der Waals surface area contributed by atoms with Crippen molar-refractivity contribution in [2.75, 3.05) is 5.32 Å². The van der Waals surface area contributed by atoms with E-state index in [1.165, 1.54) is 35.2 Å². The lowest BCUT2D eigenvalue weighted by atomic mass is 9.90. The second kappa shape index (κ2) is 7.79. The number of aromatic nitrogens is 4. The fourth-order valence-electron chi connectivity index (χ4n) is 3.84. The molecule has 0 aliphatic heterocycles. The van der Waals surface area contributed by atoms with Gasteiger partial charge in [0, 0.05) is 5.92 Å². The van der Waals surface area contributed by atoms with Crippen molar-refractivity contribution in [2.24, 2.45) is 0 Å². The first-order valence-electron chi connectivity index (χ1n) is 9.66. The molecule has 1 N–H and O–H groups in total. The van der Waals surface area contributed by atoms with E-state index >= 15 is 0 Å². The van der Waals surface area contributed by atoms with Crippen LogP contribution in [-0.2, 0) is 4.79 Å². The fourth-order valence-corrected chi connectivity index (χ4v) is 4.76. The zero-order chi connectivity index (χ0) is 19.7. The van der Waals surface area contributed by atoms with Crippen molar-refractivity contribution >= 4 is 33.3 Å². The maximum absolute atomic E-state index is 12.9. The molecule has 1 fully saturated rings. The number of aryl methyl sites for hydroxylation is 1. The molecule has 1 saturated carbocycles. The van der Waals surface area contributed by atoms with E-state index in [2.05, 4.69) is 20.5 Å². The molecule has 7 nitrogen and oxygen atoms in total. The van der Waals surface area contributed by atoms with E-state index in [0.717, 1.165) is 17.8 Å². The maximum Gasteiger partial charge on any atom is 0.262 e. The summed E-state index contributed by atoms with van der Waals surface area (Å²) in [6.07, 6.45) is 6.00. The van der Waals surface area contributed by atoms with Gasteiger partial charge in [0.1, 0.15) is 16.9 Å². The number of hydrogen-bond acceptors (Lipinski definition) is 6. The molecule has 146 valence electrons. The monoisotopic (exact) mass is 397 g/mol. The zero-order valence-electron chi connectivity index (χ0n) is 16.0. The highest BCUT2D eigenvalue weighted by Gasteiger charge is 2.23. The summed E-state index contributed by atoms with van der Waals surface area (Å²) in [5.74, 6) is 0.656. The third-order valence-corrected chi connectivity index (χ3v) is 6.38. The number of anilines is 1. The van der Waals surface area contributed by atoms with Crippen molar-refractivity contribution in [3.05, 3.63) is 45.5 Å². The van der Waals surface area contributed by atoms with Gasteiger partial charge in [-0.05, 0) is 38.8 Å². The minimum absolute atomic E-state index is 0.217. The van der Waals surface area contributed by atoms with Gasteiger partial charge in [-0.2, -0.15) is 0 Å². The van der Waals surface area contributed by atoms with Gasteiger partial charge in [0.15, 0.2) is 0 Å². The number of carbonyl (C=O) groups excluding carboxylic acids is 1. The summed E-state index contributed by atoms with van der Waals surface area (Å²) in [4.78, 5) is 30.1. The van der Waals surface area contributed by atoms with Crippen LogP contribution in [0.25, 0.3) is 10.9 Å². The zero-order valence-corrected chi connectivity index (χ0v) is 16.8. The molecule has 4 rings (SSSR count). The van der Waals surface area contributed by atoms with E-state index in [9.17, 15) is 9.59 Å². The Kier molecular flexibility index (Phi) is 5.21. The average molecular weight is 398 g/mol. The Labute approximate surface area is 166 Å². The van der Waals surface area contributed by atoms with Crippen LogP contribution in [0.1, 0.15) is 61.8 Å². The highest BCUT2D eigenvalue weighted by Crippen LogP contribution is 2.35. The molecule has 28 heavy (non-hydrogen) atoms. The topological polar surface area (TPSA) is 89.8 Å². The maximum atomic E-state index is 12.9. The highest BCUT2D eigenvalue weighted by atomic mass is 32.1. The first-order valence-corrected chi connectivity index (χ1v) is 10.5. The summed E-state index contributed by atoms with van der Waals surface area (Å²) in [5.41, 5.74) is 0.418. The molecule has 2 heterocycles. The Balaban J connectivity index is 1.55. The van der Waals surface area contributed by atoms with E-state index in [1.807, 2.05) is 6.07 Å². The van der Waals surface area contributed by atoms with Crippen LogP contribution in [0.2, 0.25) is 0 Å². The van der Waals surface area contributed by atoms with Gasteiger partial charge in [-0.15, -0.1) is 10.2 Å². The van der Waals surface area contributed by atoms with Crippen molar-refractivity contribution < 1.29 is 4.79 Å². The molecule has 0 bridgehead atoms. The molecule has 0 saturated heterocycles. The second-order valence-corrected chi connectivity index (χ2v) is 8.31. The van der Waals surface area contributed by atoms with Crippen LogP contribution in [0.15, 0.2) is 29.1 Å². The molecule has 1 aliphatic rings. The quantitative estimate of drug-likeness (QED) is 0.723. The van der Waals surface area contributed by atoms with E-state index in [-0.39, 0.29) is 11.5 Å². The Morgan fingerprint density at radius 2 is 1.96 bits per heavy atom. The van der Waals surface area contributed by atoms with Crippen LogP contribution >= 0.6 is 11.3 Å². The number of benzene rings is 1. The van der Waals surface area contributed by atoms with Crippen molar-refractivity contribution in [1.82, 2.24) is 19.7 Å². The van der Waals surface area contributed by atoms with Gasteiger partial charge in [-0.3, -0.25) is 19.5 Å². The Bertz CT molecular complexity index is 1070. The van der Waals surface area contributed by atoms with Gasteiger partial charge in [0.2, 0.25) is 11.0 Å². The second-order valence-electron chi connectivity index (χ2n) is 7.30. The smallest absolute Gasteiger partial charge is 0.262 e. The van der Waals surface area contributed by atoms with Gasteiger partial charge >= 0.3 is 0 Å². The van der Waals surface area contributed by atoms with Gasteiger partial charge in [-0.25, -0.2) is 4.98 Å². The third kappa shape index (κ3) is 3.56. The predicted octanol–water partition coefficient (Wildman–Crippen LogP) is 3.80. The molecule has 0 radical (unpaired) electrons. The van der Waals surface area contributed by atoms with Gasteiger partial charge in [0.25, 0.3) is 5.56 Å². The molecular weight excluding hydrogens is 374 g/mol. The lowest BCUT2D eigenvalue weighted by Crippen LogP contribution is -2.33. The normalized spacial score (nSPS) is 16.2. The molecule has 3 aromatic rings. The van der Waals surface area contributed by atoms with E-state index in [1.54, 1.807) is 32.0 Å². The number of nitrogens with one attached hydrogen (secondary N) is 1. The molecule has 1 amide bonds. The van der Waals surface area contributed by atoms with Crippen LogP contribution in [0.5, 0.6) is 0 Å². The van der Waals surface area contributed by atoms with Crippen molar-refractivity contribution in [3.63, 3.8) is 0 Å². The Morgan fingerprint density at radius 3 is 2.75 bits per heavy atom. The first-order chi connectivity index (χ1) is 13.5. The van der Waals surface area contributed by atoms with Gasteiger partial charge < -0.3 is 0 Å². The van der Waals surface area contributed by atoms with Crippen molar-refractivity contribution in [3.8, 4) is 0 Å². The van der Waals surface area contributed by atoms with E-state index in [4.69, 9.17) is 0 Å². The largest absolute Gasteiger partial charge is 0.299 e. The highest BCUT2D eigenvalue weighted by molar-refractivity contribution is 7.15. The molecule has 0 spiro atoms. The predicted molar refractivity (Wildman–Crippen MR) is 110 cm³/mol. The van der Waals surface area contributed by atoms with Crippen LogP contribution in [0, 0.1) is 6.92 Å². The third-order valence-electron chi connectivity index (χ3n) is 5.38. The summed E-state index contributed by atoms with van der Waals surface area (Å²) < 4.78 is 1.43. The molecular formula is C20H23N5O2S. The molecule has 1 aliphatic carbocycles. The SMILES string of the molecule is Cc1nc2ccccc2c(=O)n1C(C)C(=O)Nc1nnc(C2CCCCC2)s1. The van der Waals surface area contributed by atoms with Crippen molar-refractivity contribution in [1.29, 1.82) is 0 Å². The number of hydrogen-bond donors (Lipinski definition) is 1. The minimum atomic E-state index is -0.702. The molecule has 1 unspecified atom stereocenters. The first kappa shape index (κ1) is 18.7. The number of fused-ring (bicyclic) bond motifs is 1. The summed E-state index contributed by atoms with van der Waals surface area (Å²) in [6.45, 7) is 3.44. The van der Waals surface area contributed by atoms with E-state index < -0.39 is 6.04 Å². The molecule has 1 aromatic carbocycles. The van der Waals surface area contributed by atoms with Gasteiger partial charge in [0.05, 0.1) is 10.9 Å². The molecule has 1 atom stereocenters. The summed E-state index contributed by atoms with van der Waals surface area (Å²) in [6, 6.07) is 6.46. The molecule has 2 aromatic heterocycles. The summed E-state index contributed by atoms with van der Waals surface area (Å²) in [5, 5.41) is 13.2. The Morgan fingerprint density at radius 1 is 1.21 bits per heavy atom. The van der Waals surface area contributed by atoms with Crippen LogP contribution in [0.3, 0.4) is 0 Å². The standard InChI is InChI=1S/C20H23N5O2S/c1-12(25-13(2)21-16-11-7-6-10-15(16)19(25)27)17(26)22-20-24-23-18(28-20)14-8-4-3-5-9-14/h6-7,10-12,14H,3-5,8-9H2,1-2H3,(H,22,24,26). The number of amides is 1. The average Bonchev–Trinajstić information content (AvgIpc) is 3.17. The number of carbonyl (C=O) groups is 1. The van der Waals surface area contributed by atoms with E-state index in [0.29, 0.717) is 27.8 Å². The summed E-state index contributed by atoms with van der Waals surface area (Å²) in [7, 11) is 0. The number of nitrogens with zero attached hydrogens (tertiary/aromatic N) is 4.